The summed E-state index contributed by atoms with van der Waals surface area (Å²) in [6.07, 6.45) is 2.41. The van der Waals surface area contributed by atoms with E-state index in [1.165, 1.54) is 12.7 Å². The van der Waals surface area contributed by atoms with Crippen LogP contribution in [0.1, 0.15) is 36.9 Å². The zero-order valence-electron chi connectivity index (χ0n) is 16.7. The molecule has 2 aromatic rings. The normalized spacial score (nSPS) is 16.1. The molecule has 1 atom stereocenters. The van der Waals surface area contributed by atoms with Gasteiger partial charge in [0.05, 0.1) is 25.3 Å². The first-order valence-electron chi connectivity index (χ1n) is 9.78. The van der Waals surface area contributed by atoms with E-state index in [1.54, 1.807) is 0 Å². The number of urea groups is 1. The number of carbonyl (C=O) groups is 2. The molecule has 1 aliphatic heterocycles. The fourth-order valence-corrected chi connectivity index (χ4v) is 3.37. The number of benzene rings is 2. The van der Waals surface area contributed by atoms with E-state index < -0.39 is 12.0 Å². The van der Waals surface area contributed by atoms with E-state index in [0.29, 0.717) is 24.3 Å². The van der Waals surface area contributed by atoms with Crippen LogP contribution in [0.15, 0.2) is 65.9 Å². The number of ether oxygens (including phenoxy) is 2. The molecule has 0 spiro atoms. The van der Waals surface area contributed by atoms with E-state index in [0.717, 1.165) is 24.2 Å². The van der Waals surface area contributed by atoms with Crippen molar-refractivity contribution in [2.24, 2.45) is 0 Å². The summed E-state index contributed by atoms with van der Waals surface area (Å²) in [5.74, 6) is 0.293. The summed E-state index contributed by atoms with van der Waals surface area (Å²) in [7, 11) is 1.34. The second-order valence-electron chi connectivity index (χ2n) is 6.78. The molecule has 2 N–H and O–H groups in total. The molecule has 3 rings (SSSR count). The SMILES string of the molecule is CCC1=C(C(=O)OC)C(c2ccc(OCCCc3ccccc3)cc2)NC(=O)N1. The van der Waals surface area contributed by atoms with Crippen molar-refractivity contribution in [3.05, 3.63) is 77.0 Å². The lowest BCUT2D eigenvalue weighted by atomic mass is 9.94. The van der Waals surface area contributed by atoms with Crippen molar-refractivity contribution >= 4 is 12.0 Å². The van der Waals surface area contributed by atoms with Crippen LogP contribution in [0, 0.1) is 0 Å². The van der Waals surface area contributed by atoms with Crippen molar-refractivity contribution in [1.82, 2.24) is 10.6 Å². The van der Waals surface area contributed by atoms with Crippen molar-refractivity contribution in [1.29, 1.82) is 0 Å². The van der Waals surface area contributed by atoms with Gasteiger partial charge in [0.1, 0.15) is 5.75 Å². The van der Waals surface area contributed by atoms with Crippen LogP contribution in [0.5, 0.6) is 5.75 Å². The van der Waals surface area contributed by atoms with Crippen molar-refractivity contribution in [2.75, 3.05) is 13.7 Å². The molecular weight excluding hydrogens is 368 g/mol. The number of carbonyl (C=O) groups excluding carboxylic acids is 2. The Morgan fingerprint density at radius 3 is 2.45 bits per heavy atom. The summed E-state index contributed by atoms with van der Waals surface area (Å²) in [4.78, 5) is 24.3. The number of aryl methyl sites for hydroxylation is 1. The zero-order chi connectivity index (χ0) is 20.6. The smallest absolute Gasteiger partial charge is 0.337 e. The first kappa shape index (κ1) is 20.5. The molecule has 29 heavy (non-hydrogen) atoms. The third kappa shape index (κ3) is 5.16. The van der Waals surface area contributed by atoms with Crippen LogP contribution >= 0.6 is 0 Å². The van der Waals surface area contributed by atoms with Gasteiger partial charge in [-0.25, -0.2) is 9.59 Å². The van der Waals surface area contributed by atoms with E-state index in [-0.39, 0.29) is 6.03 Å². The highest BCUT2D eigenvalue weighted by atomic mass is 16.5. The van der Waals surface area contributed by atoms with Gasteiger partial charge in [-0.3, -0.25) is 0 Å². The van der Waals surface area contributed by atoms with Crippen molar-refractivity contribution in [2.45, 2.75) is 32.2 Å². The molecule has 0 aromatic heterocycles. The Bertz CT molecular complexity index is 876. The van der Waals surface area contributed by atoms with Crippen LogP contribution in [-0.2, 0) is 16.0 Å². The number of rotatable bonds is 8. The van der Waals surface area contributed by atoms with Gasteiger partial charge in [0.25, 0.3) is 0 Å². The van der Waals surface area contributed by atoms with Crippen LogP contribution < -0.4 is 15.4 Å². The molecular formula is C23H26N2O4. The largest absolute Gasteiger partial charge is 0.494 e. The minimum atomic E-state index is -0.557. The van der Waals surface area contributed by atoms with E-state index in [1.807, 2.05) is 49.4 Å². The Morgan fingerprint density at radius 1 is 1.07 bits per heavy atom. The predicted octanol–water partition coefficient (Wildman–Crippen LogP) is 3.89. The molecule has 152 valence electrons. The molecule has 0 radical (unpaired) electrons. The molecule has 6 heteroatoms. The fraction of sp³-hybridized carbons (Fsp3) is 0.304. The molecule has 0 aliphatic carbocycles. The minimum Gasteiger partial charge on any atom is -0.494 e. The molecule has 1 heterocycles. The maximum Gasteiger partial charge on any atom is 0.337 e. The van der Waals surface area contributed by atoms with E-state index >= 15 is 0 Å². The summed E-state index contributed by atoms with van der Waals surface area (Å²) in [6.45, 7) is 2.50. The molecule has 0 fully saturated rings. The second kappa shape index (κ2) is 9.78. The van der Waals surface area contributed by atoms with Gasteiger partial charge in [0.2, 0.25) is 0 Å². The van der Waals surface area contributed by atoms with Crippen LogP contribution in [0.4, 0.5) is 4.79 Å². The summed E-state index contributed by atoms with van der Waals surface area (Å²) < 4.78 is 10.7. The Balaban J connectivity index is 1.65. The molecule has 0 saturated carbocycles. The Morgan fingerprint density at radius 2 is 1.79 bits per heavy atom. The van der Waals surface area contributed by atoms with Crippen LogP contribution in [0.2, 0.25) is 0 Å². The third-order valence-corrected chi connectivity index (χ3v) is 4.85. The average Bonchev–Trinajstić information content (AvgIpc) is 2.76. The van der Waals surface area contributed by atoms with Gasteiger partial charge in [-0.2, -0.15) is 0 Å². The summed E-state index contributed by atoms with van der Waals surface area (Å²) in [6, 6.07) is 16.8. The molecule has 0 saturated heterocycles. The van der Waals surface area contributed by atoms with Crippen molar-refractivity contribution in [3.63, 3.8) is 0 Å². The standard InChI is InChI=1S/C23H26N2O4/c1-3-19-20(22(26)28-2)21(25-23(27)24-19)17-11-13-18(14-12-17)29-15-7-10-16-8-5-4-6-9-16/h4-6,8-9,11-14,21H,3,7,10,15H2,1-2H3,(H2,24,25,27). The highest BCUT2D eigenvalue weighted by Crippen LogP contribution is 2.29. The lowest BCUT2D eigenvalue weighted by Crippen LogP contribution is -2.45. The lowest BCUT2D eigenvalue weighted by Gasteiger charge is -2.28. The van der Waals surface area contributed by atoms with Gasteiger partial charge in [-0.1, -0.05) is 49.4 Å². The van der Waals surface area contributed by atoms with Gasteiger partial charge in [-0.15, -0.1) is 0 Å². The molecule has 1 unspecified atom stereocenters. The number of amides is 2. The highest BCUT2D eigenvalue weighted by Gasteiger charge is 2.32. The molecule has 6 nitrogen and oxygen atoms in total. The van der Waals surface area contributed by atoms with Gasteiger partial charge >= 0.3 is 12.0 Å². The number of nitrogens with one attached hydrogen (secondary N) is 2. The average molecular weight is 394 g/mol. The predicted molar refractivity (Wildman–Crippen MR) is 110 cm³/mol. The van der Waals surface area contributed by atoms with Crippen molar-refractivity contribution < 1.29 is 19.1 Å². The Kier molecular flexibility index (Phi) is 6.89. The summed E-state index contributed by atoms with van der Waals surface area (Å²) in [5.41, 5.74) is 3.09. The van der Waals surface area contributed by atoms with Crippen LogP contribution in [0.25, 0.3) is 0 Å². The topological polar surface area (TPSA) is 76.7 Å². The summed E-state index contributed by atoms with van der Waals surface area (Å²) in [5, 5.41) is 5.50. The Hall–Kier alpha value is -3.28. The monoisotopic (exact) mass is 394 g/mol. The fourth-order valence-electron chi connectivity index (χ4n) is 3.37. The lowest BCUT2D eigenvalue weighted by molar-refractivity contribution is -0.136. The first-order chi connectivity index (χ1) is 14.1. The molecule has 2 amide bonds. The highest BCUT2D eigenvalue weighted by molar-refractivity contribution is 5.95. The van der Waals surface area contributed by atoms with E-state index in [9.17, 15) is 9.59 Å². The first-order valence-corrected chi connectivity index (χ1v) is 9.78. The van der Waals surface area contributed by atoms with Gasteiger partial charge in [0.15, 0.2) is 0 Å². The van der Waals surface area contributed by atoms with E-state index in [2.05, 4.69) is 22.8 Å². The molecule has 1 aliphatic rings. The number of hydrogen-bond donors (Lipinski definition) is 2. The number of allylic oxidation sites excluding steroid dienone is 1. The third-order valence-electron chi connectivity index (χ3n) is 4.85. The van der Waals surface area contributed by atoms with Gasteiger partial charge in [-0.05, 0) is 42.5 Å². The molecule has 2 aromatic carbocycles. The van der Waals surface area contributed by atoms with Gasteiger partial charge < -0.3 is 20.1 Å². The Labute approximate surface area is 170 Å². The van der Waals surface area contributed by atoms with E-state index in [4.69, 9.17) is 9.47 Å². The zero-order valence-corrected chi connectivity index (χ0v) is 16.7. The number of methoxy groups -OCH3 is 1. The number of esters is 1. The maximum atomic E-state index is 12.3. The summed E-state index contributed by atoms with van der Waals surface area (Å²) >= 11 is 0. The maximum absolute atomic E-state index is 12.3. The van der Waals surface area contributed by atoms with Gasteiger partial charge in [0, 0.05) is 5.70 Å². The molecule has 0 bridgehead atoms. The minimum absolute atomic E-state index is 0.333. The number of hydrogen-bond acceptors (Lipinski definition) is 4. The quantitative estimate of drug-likeness (QED) is 0.526. The van der Waals surface area contributed by atoms with Crippen LogP contribution in [-0.4, -0.2) is 25.7 Å². The van der Waals surface area contributed by atoms with Crippen LogP contribution in [0.3, 0.4) is 0 Å². The van der Waals surface area contributed by atoms with Crippen molar-refractivity contribution in [3.8, 4) is 5.75 Å². The second-order valence-corrected chi connectivity index (χ2v) is 6.78.